The van der Waals surface area contributed by atoms with Gasteiger partial charge in [-0.05, 0) is 23.8 Å². The van der Waals surface area contributed by atoms with Crippen molar-refractivity contribution in [2.75, 3.05) is 0 Å². The standard InChI is InChI=1S/C17H15N5O/c1-22-13(4-7-20-22)9-16-18-6-5-15(21-16)11-2-3-12-10-19-17(23)14(12)8-11/h2-8H,9-10H2,1H3,(H,19,23). The molecule has 0 bridgehead atoms. The van der Waals surface area contributed by atoms with Crippen molar-refractivity contribution in [1.82, 2.24) is 25.1 Å². The van der Waals surface area contributed by atoms with E-state index in [4.69, 9.17) is 0 Å². The number of nitrogens with one attached hydrogen (secondary N) is 1. The third-order valence-corrected chi connectivity index (χ3v) is 4.06. The zero-order chi connectivity index (χ0) is 15.8. The van der Waals surface area contributed by atoms with Gasteiger partial charge in [-0.1, -0.05) is 12.1 Å². The molecule has 3 aromatic rings. The van der Waals surface area contributed by atoms with Gasteiger partial charge in [0.15, 0.2) is 0 Å². The van der Waals surface area contributed by atoms with E-state index in [1.165, 1.54) is 0 Å². The number of hydrogen-bond donors (Lipinski definition) is 1. The van der Waals surface area contributed by atoms with Crippen molar-refractivity contribution in [3.63, 3.8) is 0 Å². The number of fused-ring (bicyclic) bond motifs is 1. The van der Waals surface area contributed by atoms with E-state index in [1.807, 2.05) is 42.1 Å². The monoisotopic (exact) mass is 305 g/mol. The molecule has 6 heteroatoms. The number of aromatic nitrogens is 4. The number of carbonyl (C=O) groups is 1. The SMILES string of the molecule is Cn1nccc1Cc1nccc(-c2ccc3c(c2)C(=O)NC3)n1. The third kappa shape index (κ3) is 2.48. The molecule has 23 heavy (non-hydrogen) atoms. The normalized spacial score (nSPS) is 13.0. The van der Waals surface area contributed by atoms with Crippen LogP contribution in [0.1, 0.15) is 27.4 Å². The first-order chi connectivity index (χ1) is 11.2. The van der Waals surface area contributed by atoms with E-state index in [-0.39, 0.29) is 5.91 Å². The van der Waals surface area contributed by atoms with Crippen LogP contribution in [0, 0.1) is 0 Å². The van der Waals surface area contributed by atoms with Crippen molar-refractivity contribution < 1.29 is 4.79 Å². The fraction of sp³-hybridized carbons (Fsp3) is 0.176. The van der Waals surface area contributed by atoms with Gasteiger partial charge in [0.2, 0.25) is 0 Å². The third-order valence-electron chi connectivity index (χ3n) is 4.06. The Morgan fingerprint density at radius 3 is 2.96 bits per heavy atom. The molecule has 2 aromatic heterocycles. The number of benzene rings is 1. The van der Waals surface area contributed by atoms with Crippen molar-refractivity contribution in [3.8, 4) is 11.3 Å². The van der Waals surface area contributed by atoms with Crippen LogP contribution < -0.4 is 5.32 Å². The average molecular weight is 305 g/mol. The summed E-state index contributed by atoms with van der Waals surface area (Å²) in [6.07, 6.45) is 4.13. The Morgan fingerprint density at radius 2 is 2.13 bits per heavy atom. The van der Waals surface area contributed by atoms with Crippen LogP contribution in [0.4, 0.5) is 0 Å². The van der Waals surface area contributed by atoms with Gasteiger partial charge in [0, 0.05) is 49.2 Å². The molecule has 1 N–H and O–H groups in total. The maximum absolute atomic E-state index is 11.8. The fourth-order valence-electron chi connectivity index (χ4n) is 2.75. The van der Waals surface area contributed by atoms with Gasteiger partial charge in [0.05, 0.1) is 5.69 Å². The van der Waals surface area contributed by atoms with Crippen molar-refractivity contribution in [2.24, 2.45) is 7.05 Å². The lowest BCUT2D eigenvalue weighted by molar-refractivity contribution is 0.0966. The average Bonchev–Trinajstić information content (AvgIpc) is 3.14. The summed E-state index contributed by atoms with van der Waals surface area (Å²) in [7, 11) is 1.90. The highest BCUT2D eigenvalue weighted by molar-refractivity contribution is 5.99. The van der Waals surface area contributed by atoms with E-state index in [2.05, 4.69) is 20.4 Å². The van der Waals surface area contributed by atoms with E-state index in [0.717, 1.165) is 33.9 Å². The molecule has 0 saturated heterocycles. The summed E-state index contributed by atoms with van der Waals surface area (Å²) in [4.78, 5) is 20.8. The van der Waals surface area contributed by atoms with Gasteiger partial charge in [0.1, 0.15) is 5.82 Å². The maximum atomic E-state index is 11.8. The molecule has 0 saturated carbocycles. The zero-order valence-corrected chi connectivity index (χ0v) is 12.7. The van der Waals surface area contributed by atoms with Crippen LogP contribution >= 0.6 is 0 Å². The highest BCUT2D eigenvalue weighted by Crippen LogP contribution is 2.23. The Bertz CT molecular complexity index is 900. The second kappa shape index (κ2) is 5.31. The van der Waals surface area contributed by atoms with Crippen LogP contribution in [0.3, 0.4) is 0 Å². The number of carbonyl (C=O) groups excluding carboxylic acids is 1. The summed E-state index contributed by atoms with van der Waals surface area (Å²) in [5.74, 6) is 0.710. The molecule has 114 valence electrons. The quantitative estimate of drug-likeness (QED) is 0.799. The Balaban J connectivity index is 1.68. The summed E-state index contributed by atoms with van der Waals surface area (Å²) >= 11 is 0. The Kier molecular flexibility index (Phi) is 3.15. The fourth-order valence-corrected chi connectivity index (χ4v) is 2.75. The second-order valence-corrected chi connectivity index (χ2v) is 5.54. The lowest BCUT2D eigenvalue weighted by Crippen LogP contribution is -2.12. The van der Waals surface area contributed by atoms with Gasteiger partial charge in [-0.25, -0.2) is 9.97 Å². The van der Waals surface area contributed by atoms with E-state index in [1.54, 1.807) is 12.4 Å². The van der Waals surface area contributed by atoms with Crippen molar-refractivity contribution >= 4 is 5.91 Å². The highest BCUT2D eigenvalue weighted by atomic mass is 16.1. The van der Waals surface area contributed by atoms with Crippen LogP contribution in [0.25, 0.3) is 11.3 Å². The first-order valence-electron chi connectivity index (χ1n) is 7.41. The topological polar surface area (TPSA) is 72.7 Å². The molecular weight excluding hydrogens is 290 g/mol. The van der Waals surface area contributed by atoms with Crippen molar-refractivity contribution in [2.45, 2.75) is 13.0 Å². The van der Waals surface area contributed by atoms with Crippen LogP contribution in [-0.2, 0) is 20.0 Å². The molecule has 0 atom stereocenters. The Labute approximate surface area is 133 Å². The molecule has 0 spiro atoms. The molecule has 4 rings (SSSR count). The molecule has 0 unspecified atom stereocenters. The van der Waals surface area contributed by atoms with E-state index < -0.39 is 0 Å². The molecule has 3 heterocycles. The lowest BCUT2D eigenvalue weighted by atomic mass is 10.0. The van der Waals surface area contributed by atoms with Crippen LogP contribution in [0.2, 0.25) is 0 Å². The smallest absolute Gasteiger partial charge is 0.251 e. The van der Waals surface area contributed by atoms with Crippen LogP contribution in [-0.4, -0.2) is 25.7 Å². The lowest BCUT2D eigenvalue weighted by Gasteiger charge is -2.06. The van der Waals surface area contributed by atoms with Crippen LogP contribution in [0.5, 0.6) is 0 Å². The summed E-state index contributed by atoms with van der Waals surface area (Å²) in [6.45, 7) is 0.601. The predicted octanol–water partition coefficient (Wildman–Crippen LogP) is 1.71. The Hall–Kier alpha value is -3.02. The maximum Gasteiger partial charge on any atom is 0.251 e. The van der Waals surface area contributed by atoms with Crippen molar-refractivity contribution in [3.05, 3.63) is 65.4 Å². The molecule has 0 radical (unpaired) electrons. The number of aryl methyl sites for hydroxylation is 1. The first-order valence-corrected chi connectivity index (χ1v) is 7.41. The van der Waals surface area contributed by atoms with Gasteiger partial charge in [-0.2, -0.15) is 5.10 Å². The molecule has 6 nitrogen and oxygen atoms in total. The minimum absolute atomic E-state index is 0.0222. The summed E-state index contributed by atoms with van der Waals surface area (Å²) in [5.41, 5.74) is 4.56. The number of nitrogens with zero attached hydrogens (tertiary/aromatic N) is 4. The number of rotatable bonds is 3. The molecule has 1 aliphatic heterocycles. The Morgan fingerprint density at radius 1 is 1.22 bits per heavy atom. The molecule has 0 aliphatic carbocycles. The second-order valence-electron chi connectivity index (χ2n) is 5.54. The number of amides is 1. The van der Waals surface area contributed by atoms with Gasteiger partial charge in [-0.15, -0.1) is 0 Å². The van der Waals surface area contributed by atoms with Crippen LogP contribution in [0.15, 0.2) is 42.7 Å². The largest absolute Gasteiger partial charge is 0.348 e. The van der Waals surface area contributed by atoms with E-state index >= 15 is 0 Å². The predicted molar refractivity (Wildman–Crippen MR) is 84.7 cm³/mol. The number of hydrogen-bond acceptors (Lipinski definition) is 4. The highest BCUT2D eigenvalue weighted by Gasteiger charge is 2.19. The molecule has 1 aliphatic rings. The van der Waals surface area contributed by atoms with Gasteiger partial charge < -0.3 is 5.32 Å². The molecule has 0 fully saturated rings. The van der Waals surface area contributed by atoms with Gasteiger partial charge in [0.25, 0.3) is 5.91 Å². The molecule has 1 aromatic carbocycles. The first kappa shape index (κ1) is 13.6. The molecule has 1 amide bonds. The minimum Gasteiger partial charge on any atom is -0.348 e. The minimum atomic E-state index is -0.0222. The molecular formula is C17H15N5O. The summed E-state index contributed by atoms with van der Waals surface area (Å²) in [5, 5.41) is 6.99. The van der Waals surface area contributed by atoms with Gasteiger partial charge in [-0.3, -0.25) is 9.48 Å². The van der Waals surface area contributed by atoms with E-state index in [9.17, 15) is 4.79 Å². The summed E-state index contributed by atoms with van der Waals surface area (Å²) in [6, 6.07) is 9.69. The zero-order valence-electron chi connectivity index (χ0n) is 12.7. The van der Waals surface area contributed by atoms with Gasteiger partial charge >= 0.3 is 0 Å². The van der Waals surface area contributed by atoms with Crippen molar-refractivity contribution in [1.29, 1.82) is 0 Å². The van der Waals surface area contributed by atoms with E-state index in [0.29, 0.717) is 13.0 Å². The summed E-state index contributed by atoms with van der Waals surface area (Å²) < 4.78 is 1.82.